The monoisotopic (exact) mass is 314 g/mol. The van der Waals surface area contributed by atoms with Crippen molar-refractivity contribution in [2.24, 2.45) is 10.9 Å². The lowest BCUT2D eigenvalue weighted by molar-refractivity contribution is 0.394. The fraction of sp³-hybridized carbons (Fsp3) is 0.632. The van der Waals surface area contributed by atoms with E-state index in [1.54, 1.807) is 0 Å². The lowest BCUT2D eigenvalue weighted by atomic mass is 9.96. The number of hydrogen-bond donors (Lipinski definition) is 2. The van der Waals surface area contributed by atoms with E-state index in [9.17, 15) is 0 Å². The van der Waals surface area contributed by atoms with Gasteiger partial charge in [0.15, 0.2) is 5.96 Å². The van der Waals surface area contributed by atoms with Gasteiger partial charge in [-0.2, -0.15) is 0 Å². The molecule has 1 aromatic rings. The van der Waals surface area contributed by atoms with Crippen molar-refractivity contribution in [1.29, 1.82) is 0 Å². The molecule has 1 heterocycles. The Morgan fingerprint density at radius 1 is 1.26 bits per heavy atom. The first-order chi connectivity index (χ1) is 11.2. The van der Waals surface area contributed by atoms with E-state index in [0.29, 0.717) is 0 Å². The second-order valence-electron chi connectivity index (χ2n) is 7.14. The predicted molar refractivity (Wildman–Crippen MR) is 96.9 cm³/mol. The Hall–Kier alpha value is -1.55. The normalized spacial score (nSPS) is 23.7. The Morgan fingerprint density at radius 2 is 2.04 bits per heavy atom. The smallest absolute Gasteiger partial charge is 0.191 e. The molecular formula is C19H30N4. The molecule has 1 saturated carbocycles. The van der Waals surface area contributed by atoms with Gasteiger partial charge in [0.05, 0.1) is 6.54 Å². The standard InChI is InChI=1S/C19H30N4/c1-3-20-18(21-13-16-9-12-23(2)14-16)22-15-19(10-11-19)17-7-5-4-6-8-17/h4-8,16H,3,9-15H2,1-2H3,(H2,20,21,22). The van der Waals surface area contributed by atoms with Gasteiger partial charge in [0.2, 0.25) is 0 Å². The summed E-state index contributed by atoms with van der Waals surface area (Å²) in [5, 5.41) is 6.94. The second kappa shape index (κ2) is 7.35. The molecule has 0 radical (unpaired) electrons. The van der Waals surface area contributed by atoms with Crippen LogP contribution in [-0.2, 0) is 5.41 Å². The number of nitrogens with zero attached hydrogens (tertiary/aromatic N) is 2. The fourth-order valence-electron chi connectivity index (χ4n) is 3.49. The zero-order valence-corrected chi connectivity index (χ0v) is 14.5. The quantitative estimate of drug-likeness (QED) is 0.625. The summed E-state index contributed by atoms with van der Waals surface area (Å²) in [5.74, 6) is 1.72. The van der Waals surface area contributed by atoms with E-state index in [4.69, 9.17) is 4.99 Å². The molecular weight excluding hydrogens is 284 g/mol. The maximum atomic E-state index is 4.88. The molecule has 0 bridgehead atoms. The van der Waals surface area contributed by atoms with Crippen LogP contribution in [0.25, 0.3) is 0 Å². The summed E-state index contributed by atoms with van der Waals surface area (Å²) in [6.07, 6.45) is 3.80. The number of rotatable bonds is 6. The molecule has 1 aliphatic heterocycles. The summed E-state index contributed by atoms with van der Waals surface area (Å²) >= 11 is 0. The van der Waals surface area contributed by atoms with Gasteiger partial charge in [-0.15, -0.1) is 0 Å². The van der Waals surface area contributed by atoms with Gasteiger partial charge in [0.1, 0.15) is 0 Å². The van der Waals surface area contributed by atoms with Crippen LogP contribution in [0.15, 0.2) is 35.3 Å². The molecule has 126 valence electrons. The minimum absolute atomic E-state index is 0.289. The SMILES string of the molecule is CCNC(=NCC1(c2ccccc2)CC1)NCC1CCN(C)C1. The molecule has 2 fully saturated rings. The van der Waals surface area contributed by atoms with Crippen LogP contribution < -0.4 is 10.6 Å². The van der Waals surface area contributed by atoms with Crippen LogP contribution in [0.3, 0.4) is 0 Å². The number of benzene rings is 1. The summed E-state index contributed by atoms with van der Waals surface area (Å²) in [4.78, 5) is 7.29. The van der Waals surface area contributed by atoms with Gasteiger partial charge in [-0.25, -0.2) is 0 Å². The van der Waals surface area contributed by atoms with E-state index in [1.165, 1.54) is 37.9 Å². The highest BCUT2D eigenvalue weighted by molar-refractivity contribution is 5.79. The van der Waals surface area contributed by atoms with Crippen LogP contribution in [0.5, 0.6) is 0 Å². The number of hydrogen-bond acceptors (Lipinski definition) is 2. The van der Waals surface area contributed by atoms with Gasteiger partial charge in [0.25, 0.3) is 0 Å². The van der Waals surface area contributed by atoms with Crippen molar-refractivity contribution in [3.63, 3.8) is 0 Å². The van der Waals surface area contributed by atoms with E-state index in [-0.39, 0.29) is 5.41 Å². The molecule has 0 spiro atoms. The van der Waals surface area contributed by atoms with Crippen molar-refractivity contribution in [3.05, 3.63) is 35.9 Å². The van der Waals surface area contributed by atoms with E-state index >= 15 is 0 Å². The highest BCUT2D eigenvalue weighted by atomic mass is 15.2. The average Bonchev–Trinajstić information content (AvgIpc) is 3.26. The van der Waals surface area contributed by atoms with Crippen molar-refractivity contribution in [1.82, 2.24) is 15.5 Å². The minimum atomic E-state index is 0.289. The number of nitrogens with one attached hydrogen (secondary N) is 2. The van der Waals surface area contributed by atoms with Crippen LogP contribution in [-0.4, -0.2) is 50.6 Å². The Bertz CT molecular complexity index is 521. The minimum Gasteiger partial charge on any atom is -0.357 e. The van der Waals surface area contributed by atoms with Gasteiger partial charge in [-0.05, 0) is 51.3 Å². The summed E-state index contributed by atoms with van der Waals surface area (Å²) < 4.78 is 0. The number of likely N-dealkylation sites (tertiary alicyclic amines) is 1. The van der Waals surface area contributed by atoms with Gasteiger partial charge >= 0.3 is 0 Å². The summed E-state index contributed by atoms with van der Waals surface area (Å²) in [6, 6.07) is 10.9. The lowest BCUT2D eigenvalue weighted by Gasteiger charge is -2.17. The first-order valence-electron chi connectivity index (χ1n) is 8.98. The number of guanidine groups is 1. The van der Waals surface area contributed by atoms with E-state index < -0.39 is 0 Å². The number of aliphatic imine (C=N–C) groups is 1. The molecule has 1 aromatic carbocycles. The van der Waals surface area contributed by atoms with Crippen molar-refractivity contribution < 1.29 is 0 Å². The van der Waals surface area contributed by atoms with Gasteiger partial charge in [0, 0.05) is 25.0 Å². The average molecular weight is 314 g/mol. The van der Waals surface area contributed by atoms with Crippen LogP contribution >= 0.6 is 0 Å². The highest BCUT2D eigenvalue weighted by Gasteiger charge is 2.43. The highest BCUT2D eigenvalue weighted by Crippen LogP contribution is 2.48. The van der Waals surface area contributed by atoms with Gasteiger partial charge in [-0.3, -0.25) is 4.99 Å². The van der Waals surface area contributed by atoms with Gasteiger partial charge < -0.3 is 15.5 Å². The Kier molecular flexibility index (Phi) is 5.21. The predicted octanol–water partition coefficient (Wildman–Crippen LogP) is 2.23. The first kappa shape index (κ1) is 16.3. The molecule has 1 saturated heterocycles. The molecule has 1 aliphatic carbocycles. The van der Waals surface area contributed by atoms with Crippen molar-refractivity contribution in [3.8, 4) is 0 Å². The van der Waals surface area contributed by atoms with Crippen LogP contribution in [0.4, 0.5) is 0 Å². The third kappa shape index (κ3) is 4.25. The Balaban J connectivity index is 1.56. The zero-order valence-electron chi connectivity index (χ0n) is 14.5. The van der Waals surface area contributed by atoms with E-state index in [2.05, 4.69) is 59.8 Å². The molecule has 4 heteroatoms. The van der Waals surface area contributed by atoms with E-state index in [1.807, 2.05) is 0 Å². The topological polar surface area (TPSA) is 39.7 Å². The van der Waals surface area contributed by atoms with Gasteiger partial charge in [-0.1, -0.05) is 30.3 Å². The van der Waals surface area contributed by atoms with Crippen LogP contribution in [0.1, 0.15) is 31.7 Å². The van der Waals surface area contributed by atoms with E-state index in [0.717, 1.165) is 31.5 Å². The Morgan fingerprint density at radius 3 is 2.65 bits per heavy atom. The van der Waals surface area contributed by atoms with Crippen LogP contribution in [0.2, 0.25) is 0 Å². The molecule has 1 unspecified atom stereocenters. The van der Waals surface area contributed by atoms with Crippen LogP contribution in [0, 0.1) is 5.92 Å². The molecule has 2 aliphatic rings. The first-order valence-corrected chi connectivity index (χ1v) is 8.98. The maximum absolute atomic E-state index is 4.88. The molecule has 3 rings (SSSR count). The second-order valence-corrected chi connectivity index (χ2v) is 7.14. The molecule has 23 heavy (non-hydrogen) atoms. The van der Waals surface area contributed by atoms with Crippen molar-refractivity contribution in [2.45, 2.75) is 31.6 Å². The summed E-state index contributed by atoms with van der Waals surface area (Å²) in [6.45, 7) is 7.36. The van der Waals surface area contributed by atoms with Crippen molar-refractivity contribution >= 4 is 5.96 Å². The molecule has 0 aromatic heterocycles. The summed E-state index contributed by atoms with van der Waals surface area (Å²) in [7, 11) is 2.20. The summed E-state index contributed by atoms with van der Waals surface area (Å²) in [5.41, 5.74) is 1.73. The zero-order chi connectivity index (χ0) is 16.1. The lowest BCUT2D eigenvalue weighted by Crippen LogP contribution is -2.40. The largest absolute Gasteiger partial charge is 0.357 e. The fourth-order valence-corrected chi connectivity index (χ4v) is 3.49. The Labute approximate surface area is 140 Å². The molecule has 0 amide bonds. The third-order valence-electron chi connectivity index (χ3n) is 5.17. The maximum Gasteiger partial charge on any atom is 0.191 e. The molecule has 2 N–H and O–H groups in total. The van der Waals surface area contributed by atoms with Crippen molar-refractivity contribution in [2.75, 3.05) is 39.8 Å². The third-order valence-corrected chi connectivity index (χ3v) is 5.17. The molecule has 1 atom stereocenters. The molecule has 4 nitrogen and oxygen atoms in total.